The molecular formula is C14H17NO3S. The van der Waals surface area contributed by atoms with Crippen molar-refractivity contribution in [2.45, 2.75) is 42.4 Å². The van der Waals surface area contributed by atoms with Crippen LogP contribution in [0.4, 0.5) is 0 Å². The first-order valence-electron chi connectivity index (χ1n) is 6.33. The van der Waals surface area contributed by atoms with Gasteiger partial charge >= 0.3 is 5.97 Å². The Morgan fingerprint density at radius 3 is 2.89 bits per heavy atom. The normalized spacial score (nSPS) is 18.7. The highest BCUT2D eigenvalue weighted by Crippen LogP contribution is 2.36. The minimum absolute atomic E-state index is 0.000844. The van der Waals surface area contributed by atoms with E-state index in [2.05, 4.69) is 5.32 Å². The van der Waals surface area contributed by atoms with E-state index in [1.165, 1.54) is 10.5 Å². The van der Waals surface area contributed by atoms with Crippen molar-refractivity contribution in [1.29, 1.82) is 0 Å². The summed E-state index contributed by atoms with van der Waals surface area (Å²) >= 11 is 1.58. The average molecular weight is 279 g/mol. The van der Waals surface area contributed by atoms with Crippen LogP contribution in [0.25, 0.3) is 0 Å². The van der Waals surface area contributed by atoms with Crippen molar-refractivity contribution in [1.82, 2.24) is 5.32 Å². The van der Waals surface area contributed by atoms with E-state index < -0.39 is 5.97 Å². The number of amides is 1. The summed E-state index contributed by atoms with van der Waals surface area (Å²) in [4.78, 5) is 23.7. The molecule has 0 aliphatic carbocycles. The molecule has 0 spiro atoms. The number of hydrogen-bond acceptors (Lipinski definition) is 3. The second-order valence-corrected chi connectivity index (χ2v) is 6.00. The second-order valence-electron chi connectivity index (χ2n) is 4.76. The van der Waals surface area contributed by atoms with Crippen molar-refractivity contribution in [3.8, 4) is 0 Å². The van der Waals surface area contributed by atoms with E-state index in [9.17, 15) is 9.59 Å². The lowest BCUT2D eigenvalue weighted by molar-refractivity contribution is -0.137. The first kappa shape index (κ1) is 13.9. The predicted molar refractivity (Wildman–Crippen MR) is 74.3 cm³/mol. The van der Waals surface area contributed by atoms with E-state index >= 15 is 0 Å². The number of carbonyl (C=O) groups excluding carboxylic acids is 1. The van der Waals surface area contributed by atoms with Gasteiger partial charge in [-0.25, -0.2) is 0 Å². The van der Waals surface area contributed by atoms with Crippen LogP contribution in [0.15, 0.2) is 29.2 Å². The monoisotopic (exact) mass is 279 g/mol. The van der Waals surface area contributed by atoms with Crippen molar-refractivity contribution in [2.75, 3.05) is 0 Å². The summed E-state index contributed by atoms with van der Waals surface area (Å²) < 4.78 is 0. The number of aliphatic carboxylic acids is 1. The van der Waals surface area contributed by atoms with E-state index in [4.69, 9.17) is 5.11 Å². The molecule has 0 aromatic heterocycles. The molecule has 2 rings (SSSR count). The van der Waals surface area contributed by atoms with Gasteiger partial charge in [-0.2, -0.15) is 0 Å². The summed E-state index contributed by atoms with van der Waals surface area (Å²) in [7, 11) is 0. The molecule has 1 aliphatic heterocycles. The molecule has 4 nitrogen and oxygen atoms in total. The van der Waals surface area contributed by atoms with Crippen LogP contribution in [-0.2, 0) is 16.0 Å². The molecule has 5 heteroatoms. The molecule has 1 aromatic rings. The van der Waals surface area contributed by atoms with Crippen LogP contribution in [0.2, 0.25) is 0 Å². The number of carboxylic acid groups (broad SMARTS) is 1. The molecule has 0 bridgehead atoms. The average Bonchev–Trinajstić information content (AvgIpc) is 2.80. The van der Waals surface area contributed by atoms with E-state index in [0.29, 0.717) is 6.42 Å². The first-order valence-corrected chi connectivity index (χ1v) is 7.21. The Labute approximate surface area is 116 Å². The van der Waals surface area contributed by atoms with Gasteiger partial charge in [-0.15, -0.1) is 11.8 Å². The Hall–Kier alpha value is -1.49. The van der Waals surface area contributed by atoms with Gasteiger partial charge in [0, 0.05) is 17.4 Å². The van der Waals surface area contributed by atoms with Crippen LogP contribution >= 0.6 is 11.8 Å². The first-order chi connectivity index (χ1) is 9.06. The van der Waals surface area contributed by atoms with Gasteiger partial charge < -0.3 is 10.4 Å². The van der Waals surface area contributed by atoms with Crippen molar-refractivity contribution in [3.63, 3.8) is 0 Å². The molecule has 2 unspecified atom stereocenters. The number of carboxylic acids is 1. The van der Waals surface area contributed by atoms with Crippen LogP contribution in [0.1, 0.15) is 25.3 Å². The smallest absolute Gasteiger partial charge is 0.303 e. The largest absolute Gasteiger partial charge is 0.481 e. The SMILES string of the molecule is CC(CCC(=O)O)NC(=O)C1Cc2ccccc2S1. The molecule has 1 heterocycles. The lowest BCUT2D eigenvalue weighted by Gasteiger charge is -2.15. The fourth-order valence-electron chi connectivity index (χ4n) is 2.08. The highest BCUT2D eigenvalue weighted by atomic mass is 32.2. The zero-order chi connectivity index (χ0) is 13.8. The number of benzene rings is 1. The fourth-order valence-corrected chi connectivity index (χ4v) is 3.28. The lowest BCUT2D eigenvalue weighted by atomic mass is 10.1. The highest BCUT2D eigenvalue weighted by Gasteiger charge is 2.28. The second kappa shape index (κ2) is 6.10. The van der Waals surface area contributed by atoms with Gasteiger partial charge in [0.25, 0.3) is 0 Å². The third-order valence-corrected chi connectivity index (χ3v) is 4.44. The predicted octanol–water partition coefficient (Wildman–Crippen LogP) is 2.07. The molecule has 1 amide bonds. The quantitative estimate of drug-likeness (QED) is 0.866. The van der Waals surface area contributed by atoms with Gasteiger partial charge in [0.15, 0.2) is 0 Å². The van der Waals surface area contributed by atoms with Gasteiger partial charge in [-0.05, 0) is 31.4 Å². The third-order valence-electron chi connectivity index (χ3n) is 3.12. The van der Waals surface area contributed by atoms with Gasteiger partial charge in [-0.1, -0.05) is 18.2 Å². The molecule has 0 fully saturated rings. The van der Waals surface area contributed by atoms with E-state index in [1.807, 2.05) is 31.2 Å². The summed E-state index contributed by atoms with van der Waals surface area (Å²) in [6, 6.07) is 7.93. The Bertz CT molecular complexity index is 464. The van der Waals surface area contributed by atoms with E-state index in [-0.39, 0.29) is 23.6 Å². The Morgan fingerprint density at radius 1 is 1.47 bits per heavy atom. The Morgan fingerprint density at radius 2 is 2.21 bits per heavy atom. The number of fused-ring (bicyclic) bond motifs is 1. The molecule has 19 heavy (non-hydrogen) atoms. The topological polar surface area (TPSA) is 66.4 Å². The van der Waals surface area contributed by atoms with Gasteiger partial charge in [0.05, 0.1) is 5.25 Å². The maximum absolute atomic E-state index is 12.1. The molecule has 2 atom stereocenters. The Balaban J connectivity index is 1.84. The van der Waals surface area contributed by atoms with Crippen molar-refractivity contribution in [2.24, 2.45) is 0 Å². The molecule has 2 N–H and O–H groups in total. The van der Waals surface area contributed by atoms with Crippen LogP contribution in [0.5, 0.6) is 0 Å². The number of hydrogen-bond donors (Lipinski definition) is 2. The minimum atomic E-state index is -0.830. The molecule has 0 saturated carbocycles. The zero-order valence-corrected chi connectivity index (χ0v) is 11.6. The number of thioether (sulfide) groups is 1. The fraction of sp³-hybridized carbons (Fsp3) is 0.429. The lowest BCUT2D eigenvalue weighted by Crippen LogP contribution is -2.38. The minimum Gasteiger partial charge on any atom is -0.481 e. The zero-order valence-electron chi connectivity index (χ0n) is 10.8. The standard InChI is InChI=1S/C14H17NO3S/c1-9(6-7-13(16)17)15-14(18)12-8-10-4-2-3-5-11(10)19-12/h2-5,9,12H,6-8H2,1H3,(H,15,18)(H,16,17). The Kier molecular flexibility index (Phi) is 4.47. The number of rotatable bonds is 5. The van der Waals surface area contributed by atoms with Crippen molar-refractivity contribution >= 4 is 23.6 Å². The summed E-state index contributed by atoms with van der Waals surface area (Å²) in [5.41, 5.74) is 1.21. The van der Waals surface area contributed by atoms with Gasteiger partial charge in [-0.3, -0.25) is 9.59 Å². The van der Waals surface area contributed by atoms with Crippen LogP contribution in [0.3, 0.4) is 0 Å². The van der Waals surface area contributed by atoms with Crippen LogP contribution in [0, 0.1) is 0 Å². The van der Waals surface area contributed by atoms with Gasteiger partial charge in [0.1, 0.15) is 0 Å². The van der Waals surface area contributed by atoms with E-state index in [1.54, 1.807) is 11.8 Å². The highest BCUT2D eigenvalue weighted by molar-refractivity contribution is 8.01. The third kappa shape index (κ3) is 3.73. The summed E-state index contributed by atoms with van der Waals surface area (Å²) in [6.45, 7) is 1.84. The molecule has 102 valence electrons. The van der Waals surface area contributed by atoms with Crippen molar-refractivity contribution < 1.29 is 14.7 Å². The molecule has 1 aromatic carbocycles. The van der Waals surface area contributed by atoms with Crippen molar-refractivity contribution in [3.05, 3.63) is 29.8 Å². The maximum atomic E-state index is 12.1. The summed E-state index contributed by atoms with van der Waals surface area (Å²) in [5.74, 6) is -0.831. The van der Waals surface area contributed by atoms with Gasteiger partial charge in [0.2, 0.25) is 5.91 Å². The van der Waals surface area contributed by atoms with E-state index in [0.717, 1.165) is 6.42 Å². The van der Waals surface area contributed by atoms with Crippen LogP contribution in [-0.4, -0.2) is 28.3 Å². The maximum Gasteiger partial charge on any atom is 0.303 e. The molecule has 0 saturated heterocycles. The summed E-state index contributed by atoms with van der Waals surface area (Å²) in [6.07, 6.45) is 1.29. The summed E-state index contributed by atoms with van der Waals surface area (Å²) in [5, 5.41) is 11.4. The number of carbonyl (C=O) groups is 2. The van der Waals surface area contributed by atoms with Crippen LogP contribution < -0.4 is 5.32 Å². The number of nitrogens with one attached hydrogen (secondary N) is 1. The molecule has 1 aliphatic rings. The molecule has 0 radical (unpaired) electrons. The molecular weight excluding hydrogens is 262 g/mol.